The molecular formula is C17H20F3N9. The Labute approximate surface area is 164 Å². The highest BCUT2D eigenvalue weighted by atomic mass is 19.4. The van der Waals surface area contributed by atoms with Gasteiger partial charge in [0.05, 0.1) is 42.1 Å². The summed E-state index contributed by atoms with van der Waals surface area (Å²) in [6.45, 7) is 1.90. The zero-order chi connectivity index (χ0) is 20.6. The van der Waals surface area contributed by atoms with E-state index in [1.54, 1.807) is 23.4 Å². The molecule has 29 heavy (non-hydrogen) atoms. The Bertz CT molecular complexity index is 981. The van der Waals surface area contributed by atoms with E-state index in [9.17, 15) is 13.2 Å². The van der Waals surface area contributed by atoms with Gasteiger partial charge in [-0.2, -0.15) is 38.2 Å². The molecule has 0 aromatic carbocycles. The number of nitrogens with zero attached hydrogens (tertiary/aromatic N) is 7. The molecule has 0 unspecified atom stereocenters. The summed E-state index contributed by atoms with van der Waals surface area (Å²) in [5, 5.41) is 18.3. The molecule has 0 bridgehead atoms. The molecule has 1 fully saturated rings. The summed E-state index contributed by atoms with van der Waals surface area (Å²) < 4.78 is 40.9. The first kappa shape index (κ1) is 19.2. The maximum absolute atomic E-state index is 13.0. The Morgan fingerprint density at radius 3 is 2.48 bits per heavy atom. The predicted octanol–water partition coefficient (Wildman–Crippen LogP) is 3.34. The minimum Gasteiger partial charge on any atom is -0.372 e. The first-order valence-electron chi connectivity index (χ1n) is 9.15. The Balaban J connectivity index is 1.51. The maximum atomic E-state index is 13.0. The monoisotopic (exact) mass is 407 g/mol. The fourth-order valence-electron chi connectivity index (χ4n) is 3.66. The van der Waals surface area contributed by atoms with Crippen molar-refractivity contribution in [1.29, 1.82) is 0 Å². The normalized spacial score (nSPS) is 19.5. The molecular weight excluding hydrogens is 387 g/mol. The van der Waals surface area contributed by atoms with Crippen LogP contribution in [0.3, 0.4) is 0 Å². The Kier molecular flexibility index (Phi) is 4.84. The Hall–Kier alpha value is -3.18. The van der Waals surface area contributed by atoms with Gasteiger partial charge >= 0.3 is 6.18 Å². The van der Waals surface area contributed by atoms with E-state index in [2.05, 4.69) is 35.9 Å². The van der Waals surface area contributed by atoms with Gasteiger partial charge in [0.25, 0.3) is 0 Å². The van der Waals surface area contributed by atoms with Crippen molar-refractivity contribution >= 4 is 17.5 Å². The molecule has 1 saturated carbocycles. The van der Waals surface area contributed by atoms with Crippen molar-refractivity contribution in [3.05, 3.63) is 36.0 Å². The molecule has 9 nitrogen and oxygen atoms in total. The molecule has 1 aliphatic carbocycles. The molecule has 0 saturated heterocycles. The molecule has 3 aromatic heterocycles. The van der Waals surface area contributed by atoms with E-state index in [1.165, 1.54) is 7.05 Å². The highest BCUT2D eigenvalue weighted by molar-refractivity contribution is 5.58. The van der Waals surface area contributed by atoms with Gasteiger partial charge in [0, 0.05) is 13.2 Å². The number of hydrogen-bond acceptors (Lipinski definition) is 7. The summed E-state index contributed by atoms with van der Waals surface area (Å²) in [6.07, 6.45) is 3.95. The van der Waals surface area contributed by atoms with Crippen molar-refractivity contribution < 1.29 is 13.2 Å². The fraction of sp³-hybridized carbons (Fsp3) is 0.471. The van der Waals surface area contributed by atoms with Crippen LogP contribution in [-0.2, 0) is 6.18 Å². The molecule has 4 rings (SSSR count). The number of hydrogen-bond donors (Lipinski definition) is 2. The first-order valence-corrected chi connectivity index (χ1v) is 9.15. The Morgan fingerprint density at radius 1 is 1.07 bits per heavy atom. The standard InChI is InChI=1S/C17H20F3N9/c1-10-14(26-16-22-8-13(17(18,19)20)15(21-2)27-16)9-25-28(10)11-3-4-12(7-11)29-23-5-6-24-29/h5-6,8-9,11-12H,3-4,7H2,1-2H3,(H2,21,22,26,27)/t11-,12-/m0/s1. The molecule has 1 aliphatic rings. The zero-order valence-electron chi connectivity index (χ0n) is 15.8. The highest BCUT2D eigenvalue weighted by Crippen LogP contribution is 2.38. The van der Waals surface area contributed by atoms with Gasteiger partial charge in [-0.3, -0.25) is 4.68 Å². The van der Waals surface area contributed by atoms with Crippen molar-refractivity contribution in [2.24, 2.45) is 0 Å². The summed E-state index contributed by atoms with van der Waals surface area (Å²) in [5.41, 5.74) is 0.591. The second-order valence-corrected chi connectivity index (χ2v) is 6.89. The molecule has 0 amide bonds. The minimum absolute atomic E-state index is 0.0649. The quantitative estimate of drug-likeness (QED) is 0.669. The molecule has 2 N–H and O–H groups in total. The lowest BCUT2D eigenvalue weighted by Crippen LogP contribution is -2.13. The van der Waals surface area contributed by atoms with Crippen molar-refractivity contribution in [1.82, 2.24) is 34.7 Å². The SMILES string of the molecule is CNc1nc(Nc2cnn([C@H]3CC[C@H](n4nccn4)C3)c2C)ncc1C(F)(F)F. The van der Waals surface area contributed by atoms with Gasteiger partial charge in [0.2, 0.25) is 5.95 Å². The summed E-state index contributed by atoms with van der Waals surface area (Å²) >= 11 is 0. The van der Waals surface area contributed by atoms with Crippen LogP contribution in [0.15, 0.2) is 24.8 Å². The molecule has 12 heteroatoms. The first-order chi connectivity index (χ1) is 13.9. The van der Waals surface area contributed by atoms with Crippen molar-refractivity contribution in [3.8, 4) is 0 Å². The average Bonchev–Trinajstić information content (AvgIpc) is 3.42. The molecule has 0 aliphatic heterocycles. The number of anilines is 3. The van der Waals surface area contributed by atoms with Crippen molar-refractivity contribution in [2.75, 3.05) is 17.7 Å². The van der Waals surface area contributed by atoms with E-state index in [0.29, 0.717) is 5.69 Å². The summed E-state index contributed by atoms with van der Waals surface area (Å²) in [7, 11) is 1.38. The molecule has 3 heterocycles. The van der Waals surface area contributed by atoms with Crippen LogP contribution in [0.1, 0.15) is 42.6 Å². The van der Waals surface area contributed by atoms with Crippen LogP contribution in [0.5, 0.6) is 0 Å². The number of aromatic nitrogens is 7. The lowest BCUT2D eigenvalue weighted by molar-refractivity contribution is -0.137. The van der Waals surface area contributed by atoms with Gasteiger partial charge < -0.3 is 10.6 Å². The summed E-state index contributed by atoms with van der Waals surface area (Å²) in [4.78, 5) is 9.47. The highest BCUT2D eigenvalue weighted by Gasteiger charge is 2.35. The molecule has 2 atom stereocenters. The summed E-state index contributed by atoms with van der Waals surface area (Å²) in [5.74, 6) is -0.222. The van der Waals surface area contributed by atoms with Crippen LogP contribution in [0, 0.1) is 6.92 Å². The molecule has 0 spiro atoms. The second kappa shape index (κ2) is 7.33. The smallest absolute Gasteiger partial charge is 0.372 e. The van der Waals surface area contributed by atoms with Crippen molar-refractivity contribution in [2.45, 2.75) is 44.4 Å². The van der Waals surface area contributed by atoms with Gasteiger partial charge in [0.1, 0.15) is 11.4 Å². The predicted molar refractivity (Wildman–Crippen MR) is 98.8 cm³/mol. The summed E-state index contributed by atoms with van der Waals surface area (Å²) in [6, 6.07) is 0.425. The van der Waals surface area contributed by atoms with E-state index in [1.807, 2.05) is 11.6 Å². The van der Waals surface area contributed by atoms with Crippen LogP contribution in [0.2, 0.25) is 0 Å². The number of rotatable bonds is 5. The zero-order valence-corrected chi connectivity index (χ0v) is 15.8. The topological polar surface area (TPSA) is 98.4 Å². The van der Waals surface area contributed by atoms with Crippen LogP contribution in [-0.4, -0.2) is 41.8 Å². The molecule has 154 valence electrons. The lowest BCUT2D eigenvalue weighted by atomic mass is 10.2. The van der Waals surface area contributed by atoms with Crippen LogP contribution in [0.25, 0.3) is 0 Å². The van der Waals surface area contributed by atoms with E-state index < -0.39 is 11.7 Å². The van der Waals surface area contributed by atoms with Gasteiger partial charge in [-0.05, 0) is 26.2 Å². The third kappa shape index (κ3) is 3.74. The number of nitrogens with one attached hydrogen (secondary N) is 2. The van der Waals surface area contributed by atoms with Crippen LogP contribution >= 0.6 is 0 Å². The number of halogens is 3. The lowest BCUT2D eigenvalue weighted by Gasteiger charge is -2.15. The third-order valence-electron chi connectivity index (χ3n) is 5.11. The van der Waals surface area contributed by atoms with E-state index in [0.717, 1.165) is 31.2 Å². The van der Waals surface area contributed by atoms with Gasteiger partial charge in [0.15, 0.2) is 0 Å². The van der Waals surface area contributed by atoms with Crippen LogP contribution in [0.4, 0.5) is 30.6 Å². The largest absolute Gasteiger partial charge is 0.421 e. The Morgan fingerprint density at radius 2 is 1.79 bits per heavy atom. The third-order valence-corrected chi connectivity index (χ3v) is 5.11. The average molecular weight is 407 g/mol. The maximum Gasteiger partial charge on any atom is 0.421 e. The number of alkyl halides is 3. The second-order valence-electron chi connectivity index (χ2n) is 6.89. The fourth-order valence-corrected chi connectivity index (χ4v) is 3.66. The van der Waals surface area contributed by atoms with Gasteiger partial charge in [-0.15, -0.1) is 0 Å². The van der Waals surface area contributed by atoms with Gasteiger partial charge in [-0.1, -0.05) is 0 Å². The van der Waals surface area contributed by atoms with Crippen molar-refractivity contribution in [3.63, 3.8) is 0 Å². The van der Waals surface area contributed by atoms with E-state index in [4.69, 9.17) is 0 Å². The molecule has 3 aromatic rings. The molecule has 0 radical (unpaired) electrons. The van der Waals surface area contributed by atoms with E-state index >= 15 is 0 Å². The van der Waals surface area contributed by atoms with Gasteiger partial charge in [-0.25, -0.2) is 4.98 Å². The van der Waals surface area contributed by atoms with Crippen LogP contribution < -0.4 is 10.6 Å². The van der Waals surface area contributed by atoms with E-state index in [-0.39, 0.29) is 23.8 Å². The minimum atomic E-state index is -4.53.